The predicted molar refractivity (Wildman–Crippen MR) is 485 cm³/mol. The van der Waals surface area contributed by atoms with Crippen LogP contribution in [-0.2, 0) is 117 Å². The number of aliphatic hydroxyl groups is 3. The molecule has 22 N–H and O–H groups in total. The molecule has 730 valence electrons. The number of nitrogens with one attached hydrogen (secondary N) is 11. The number of para-hydroxylation sites is 2. The van der Waals surface area contributed by atoms with Crippen LogP contribution >= 0.6 is 11.8 Å². The highest BCUT2D eigenvalue weighted by molar-refractivity contribution is 8.00. The molecule has 3 saturated heterocycles. The summed E-state index contributed by atoms with van der Waals surface area (Å²) in [5.41, 5.74) is 18.7. The maximum Gasteiger partial charge on any atom is 0.323 e. The summed E-state index contributed by atoms with van der Waals surface area (Å²) in [6.07, 6.45) is -0.925. The largest absolute Gasteiger partial charge is 0.508 e. The molecule has 3 aromatic carbocycles. The Morgan fingerprint density at radius 2 is 1.09 bits per heavy atom. The van der Waals surface area contributed by atoms with E-state index < -0.39 is 286 Å². The zero-order valence-corrected chi connectivity index (χ0v) is 76.9. The molecule has 134 heavy (non-hydrogen) atoms. The van der Waals surface area contributed by atoms with Crippen molar-refractivity contribution < 1.29 is 117 Å². The number of unbranched alkanes of at least 4 members (excludes halogenated alkanes) is 2. The maximum atomic E-state index is 15.8. The van der Waals surface area contributed by atoms with Gasteiger partial charge in [0.2, 0.25) is 106 Å². The quantitative estimate of drug-likeness (QED) is 0.0249. The first-order chi connectivity index (χ1) is 63.6. The van der Waals surface area contributed by atoms with Crippen LogP contribution in [0.3, 0.4) is 0 Å². The number of likely N-dealkylation sites (N-methyl/N-ethyl adjacent to an activating group) is 3. The summed E-state index contributed by atoms with van der Waals surface area (Å²) in [6.45, 7) is 3.85. The number of phenolic OH excluding ortho intramolecular Hbond substituents is 1. The summed E-state index contributed by atoms with van der Waals surface area (Å²) in [4.78, 5) is 281. The number of nitrogens with two attached hydrogens (primary N) is 3. The van der Waals surface area contributed by atoms with Gasteiger partial charge < -0.3 is 130 Å². The molecule has 18 amide bonds. The zero-order chi connectivity index (χ0) is 98.6. The number of carboxylic acids is 1. The molecule has 0 unspecified atom stereocenters. The van der Waals surface area contributed by atoms with Crippen molar-refractivity contribution >= 4 is 146 Å². The van der Waals surface area contributed by atoms with Gasteiger partial charge in [-0.2, -0.15) is 0 Å². The molecule has 0 radical (unpaired) electrons. The molecule has 0 saturated carbocycles. The summed E-state index contributed by atoms with van der Waals surface area (Å²) in [5, 5.41) is 79.9. The van der Waals surface area contributed by atoms with E-state index in [0.29, 0.717) is 57.8 Å². The second-order valence-corrected chi connectivity index (χ2v) is 35.3. The van der Waals surface area contributed by atoms with Crippen molar-refractivity contribution in [3.63, 3.8) is 0 Å². The van der Waals surface area contributed by atoms with Crippen LogP contribution in [0.5, 0.6) is 5.75 Å². The number of aromatic nitrogens is 2. The average molecular weight is 1890 g/mol. The van der Waals surface area contributed by atoms with Crippen LogP contribution < -0.4 is 70.4 Å². The lowest BCUT2D eigenvalue weighted by Crippen LogP contribution is -2.62. The Morgan fingerprint density at radius 3 is 1.72 bits per heavy atom. The van der Waals surface area contributed by atoms with E-state index in [2.05, 4.69) is 58.2 Å². The predicted octanol–water partition coefficient (Wildman–Crippen LogP) is -4.34. The first-order valence-electron chi connectivity index (χ1n) is 44.4. The summed E-state index contributed by atoms with van der Waals surface area (Å²) in [6, 6.07) is -4.52. The minimum atomic E-state index is -2.00. The number of primary amides is 3. The number of carboxylic acid groups (broad SMARTS) is 1. The monoisotopic (exact) mass is 1890 g/mol. The number of carbonyl (C=O) groups is 19. The van der Waals surface area contributed by atoms with Crippen LogP contribution in [-0.4, -0.2) is 328 Å². The number of fused-ring (bicyclic) bond motifs is 4. The fraction of sp³-hybridized carbons (Fsp3) is 0.539. The zero-order valence-electron chi connectivity index (χ0n) is 76.1. The second-order valence-electron chi connectivity index (χ2n) is 34.2. The first-order valence-corrected chi connectivity index (χ1v) is 45.6. The number of hydrogen-bond acceptors (Lipinski definition) is 24. The number of aromatic hydroxyl groups is 1. The molecule has 0 aliphatic carbocycles. The van der Waals surface area contributed by atoms with Crippen molar-refractivity contribution in [3.05, 3.63) is 102 Å². The van der Waals surface area contributed by atoms with E-state index in [9.17, 15) is 83.1 Å². The number of H-pyrrole nitrogens is 1. The van der Waals surface area contributed by atoms with Crippen molar-refractivity contribution in [2.75, 3.05) is 65.5 Å². The van der Waals surface area contributed by atoms with Crippen LogP contribution in [0.4, 0.5) is 0 Å². The van der Waals surface area contributed by atoms with Crippen LogP contribution in [0.25, 0.3) is 21.8 Å². The number of amides is 18. The lowest BCUT2D eigenvalue weighted by Gasteiger charge is -2.36. The Bertz CT molecular complexity index is 5110. The van der Waals surface area contributed by atoms with Gasteiger partial charge in [0.1, 0.15) is 96.9 Å². The lowest BCUT2D eigenvalue weighted by atomic mass is 9.99. The molecule has 45 heteroatoms. The fourth-order valence-electron chi connectivity index (χ4n) is 16.4. The van der Waals surface area contributed by atoms with E-state index in [0.717, 1.165) is 36.3 Å². The third-order valence-electron chi connectivity index (χ3n) is 23.7. The van der Waals surface area contributed by atoms with E-state index in [1.165, 1.54) is 69.3 Å². The molecule has 2 aromatic heterocycles. The van der Waals surface area contributed by atoms with Crippen molar-refractivity contribution in [1.82, 2.24) is 87.2 Å². The van der Waals surface area contributed by atoms with Gasteiger partial charge in [-0.25, -0.2) is 0 Å². The molecular formula is C89H124N20O24S. The van der Waals surface area contributed by atoms with Gasteiger partial charge in [0.05, 0.1) is 38.0 Å². The molecule has 3 aliphatic heterocycles. The number of benzene rings is 3. The Kier molecular flexibility index (Phi) is 39.6. The van der Waals surface area contributed by atoms with Gasteiger partial charge in [-0.05, 0) is 92.3 Å². The summed E-state index contributed by atoms with van der Waals surface area (Å²) in [7, 11) is 3.79. The number of carbonyl (C=O) groups excluding carboxylic acids is 18. The van der Waals surface area contributed by atoms with Gasteiger partial charge in [0.15, 0.2) is 0 Å². The van der Waals surface area contributed by atoms with Crippen molar-refractivity contribution in [3.8, 4) is 5.75 Å². The Balaban J connectivity index is 1.20. The van der Waals surface area contributed by atoms with Crippen LogP contribution in [0, 0.1) is 5.92 Å². The van der Waals surface area contributed by atoms with E-state index in [4.69, 9.17) is 17.2 Å². The molecule has 3 aliphatic rings. The van der Waals surface area contributed by atoms with Crippen molar-refractivity contribution in [2.24, 2.45) is 23.1 Å². The molecule has 3 fully saturated rings. The van der Waals surface area contributed by atoms with Gasteiger partial charge in [-0.15, -0.1) is 11.8 Å². The first kappa shape index (κ1) is 106. The molecule has 44 nitrogen and oxygen atoms in total. The molecule has 0 spiro atoms. The number of aromatic amines is 1. The second kappa shape index (κ2) is 50.0. The van der Waals surface area contributed by atoms with Crippen molar-refractivity contribution in [2.45, 2.75) is 235 Å². The van der Waals surface area contributed by atoms with Crippen LogP contribution in [0.1, 0.15) is 135 Å². The average Bonchev–Trinajstić information content (AvgIpc) is 1.42. The van der Waals surface area contributed by atoms with E-state index in [1.54, 1.807) is 62.4 Å². The molecule has 8 rings (SSSR count). The SMILES string of the molecule is CCCC[C@H]1C(=O)N(C)[C@@H](CCCC)C(=O)N[C@@H](CC(C)C)C(=O)N[C@H](C(=O)NCC(N)=O)CSCC(=O)N[C@@H](Cc2ccc(O)cc2)C(=O)N(C)[C@@H](C)C(=O)N[C@@H](CC(N)=O)C(=O)N2CCC[C@H]2C(=O)N[C@@H](CO)C(=O)N[C@@H](CCC(N)=O)C(=O)N2C[C@H](O)C[C@H]2C(=O)N[C@@H](Cc2c[nH]c3ccccc23)C(=O)N[C@@H](CO)C(=O)N[C@@H](Cc2cn(CC(=O)O)c3ccccc23)C(=O)N1C. The van der Waals surface area contributed by atoms with Crippen molar-refractivity contribution in [1.29, 1.82) is 0 Å². The topological polar surface area (TPSA) is 661 Å². The highest BCUT2D eigenvalue weighted by Gasteiger charge is 2.47. The van der Waals surface area contributed by atoms with Gasteiger partial charge in [0.25, 0.3) is 0 Å². The standard InChI is InChI=1S/C89H124N20O24S/c1-9-11-21-67-82(126)97-58(32-47(3)4)78(122)103-65(77(121)94-39-73(92)116)45-134-46-74(117)95-60(33-49-25-27-52(112)28-26-49)85(129)104(6)48(5)76(120)99-62(37-72(91)115)88(132)108-31-17-24-68(108)83(127)102-64(44-111)80(124)96-57(29-30-71(90)114)87(131)109-41-53(113)36-70(109)84(128)98-59(34-50-38-93-56-20-15-13-18-54(50)56)79(123)101-63(43-110)81(125)100-61(86(130)106(8)69(22-12-10-2)89(133)105(67)7)35-51-40-107(42-75(118)119)66-23-16-14-19-55(51)66/h13-16,18-20,23,25-28,38,40,47-48,53,57-65,67-70,93,110-113H,9-12,17,21-22,24,29-37,39,41-46H2,1-8H3,(H2,90,114)(H2,91,115)(H2,92,116)(H,94,121)(H,95,117)(H,96,124)(H,97,126)(H,98,128)(H,99,120)(H,100,125)(H,101,123)(H,102,127)(H,103,122)(H,118,119)/t48-,53+,57-,58-,59-,60-,61-,62-,63-,64-,65-,67-,68-,69-,70-/m0/s1. The molecular weight excluding hydrogens is 1770 g/mol. The molecule has 0 bridgehead atoms. The van der Waals surface area contributed by atoms with E-state index >= 15 is 33.6 Å². The third-order valence-corrected chi connectivity index (χ3v) is 24.8. The number of hydrogen-bond donors (Lipinski definition) is 19. The highest BCUT2D eigenvalue weighted by Crippen LogP contribution is 2.29. The highest BCUT2D eigenvalue weighted by atomic mass is 32.2. The summed E-state index contributed by atoms with van der Waals surface area (Å²) >= 11 is 0.761. The number of aliphatic hydroxyl groups excluding tert-OH is 3. The third kappa shape index (κ3) is 29.1. The number of phenols is 1. The Morgan fingerprint density at radius 1 is 0.545 bits per heavy atom. The minimum absolute atomic E-state index is 0.0272. The number of aliphatic carboxylic acids is 1. The van der Waals surface area contributed by atoms with Crippen LogP contribution in [0.2, 0.25) is 0 Å². The smallest absolute Gasteiger partial charge is 0.323 e. The minimum Gasteiger partial charge on any atom is -0.508 e. The number of nitrogens with zero attached hydrogens (tertiary/aromatic N) is 6. The Labute approximate surface area is 776 Å². The van der Waals surface area contributed by atoms with E-state index in [-0.39, 0.29) is 63.2 Å². The number of thioether (sulfide) groups is 1. The molecule has 5 heterocycles. The van der Waals surface area contributed by atoms with Gasteiger partial charge in [-0.3, -0.25) is 91.1 Å². The number of rotatable bonds is 26. The van der Waals surface area contributed by atoms with E-state index in [1.807, 2.05) is 13.8 Å². The van der Waals surface area contributed by atoms with Gasteiger partial charge in [0, 0.05) is 106 Å². The normalized spacial score (nSPS) is 24.9. The fourth-order valence-corrected chi connectivity index (χ4v) is 17.2. The Hall–Kier alpha value is -13.3. The van der Waals surface area contributed by atoms with Crippen LogP contribution in [0.15, 0.2) is 85.2 Å². The lowest BCUT2D eigenvalue weighted by molar-refractivity contribution is -0.149. The summed E-state index contributed by atoms with van der Waals surface area (Å²) < 4.78 is 1.39. The van der Waals surface area contributed by atoms with Gasteiger partial charge >= 0.3 is 5.97 Å². The molecule has 15 atom stereocenters. The maximum absolute atomic E-state index is 15.8. The molecule has 5 aromatic rings. The summed E-state index contributed by atoms with van der Waals surface area (Å²) in [5.74, 6) is -21.2. The van der Waals surface area contributed by atoms with Gasteiger partial charge in [-0.1, -0.05) is 102 Å².